The average molecular weight is 363 g/mol. The van der Waals surface area contributed by atoms with Crippen molar-refractivity contribution in [2.75, 3.05) is 6.54 Å². The van der Waals surface area contributed by atoms with Crippen molar-refractivity contribution in [1.82, 2.24) is 9.88 Å². The third-order valence-corrected chi connectivity index (χ3v) is 6.03. The summed E-state index contributed by atoms with van der Waals surface area (Å²) < 4.78 is 2.14. The van der Waals surface area contributed by atoms with E-state index in [4.69, 9.17) is 0 Å². The van der Waals surface area contributed by atoms with Gasteiger partial charge in [-0.25, -0.2) is 0 Å². The van der Waals surface area contributed by atoms with Crippen LogP contribution in [0.4, 0.5) is 0 Å². The molecule has 2 atom stereocenters. The van der Waals surface area contributed by atoms with Gasteiger partial charge in [-0.3, -0.25) is 10.1 Å². The number of rotatable bonds is 4. The summed E-state index contributed by atoms with van der Waals surface area (Å²) >= 11 is 1.44. The molecule has 26 heavy (non-hydrogen) atoms. The fourth-order valence-corrected chi connectivity index (χ4v) is 4.53. The van der Waals surface area contributed by atoms with Gasteiger partial charge in [0.25, 0.3) is 0 Å². The quantitative estimate of drug-likeness (QED) is 0.743. The molecule has 2 aromatic carbocycles. The van der Waals surface area contributed by atoms with Crippen LogP contribution >= 0.6 is 11.8 Å². The Balaban J connectivity index is 1.73. The zero-order valence-electron chi connectivity index (χ0n) is 13.9. The Labute approximate surface area is 155 Å². The third kappa shape index (κ3) is 2.96. The Hall–Kier alpha value is -2.75. The summed E-state index contributed by atoms with van der Waals surface area (Å²) in [5.74, 6) is -0.781. The fraction of sp³-hybridized carbons (Fsp3) is 0.200. The van der Waals surface area contributed by atoms with Gasteiger partial charge in [-0.2, -0.15) is 5.26 Å². The number of para-hydroxylation sites is 1. The normalized spacial score (nSPS) is 19.5. The van der Waals surface area contributed by atoms with Gasteiger partial charge in [0.05, 0.1) is 17.0 Å². The molecule has 1 aliphatic rings. The van der Waals surface area contributed by atoms with Gasteiger partial charge in [0.1, 0.15) is 5.25 Å². The van der Waals surface area contributed by atoms with Crippen LogP contribution in [0.2, 0.25) is 0 Å². The van der Waals surface area contributed by atoms with Gasteiger partial charge in [0, 0.05) is 35.8 Å². The molecule has 0 radical (unpaired) electrons. The molecule has 1 aromatic heterocycles. The minimum atomic E-state index is -0.781. The first kappa shape index (κ1) is 16.7. The second-order valence-corrected chi connectivity index (χ2v) is 7.56. The molecule has 0 bridgehead atoms. The minimum absolute atomic E-state index is 0.0477. The van der Waals surface area contributed by atoms with Gasteiger partial charge in [0.15, 0.2) is 0 Å². The van der Waals surface area contributed by atoms with Crippen LogP contribution in [-0.4, -0.2) is 27.4 Å². The van der Waals surface area contributed by atoms with Crippen LogP contribution < -0.4 is 5.32 Å². The summed E-state index contributed by atoms with van der Waals surface area (Å²) in [4.78, 5) is 11.3. The number of carboxylic acid groups (broad SMARTS) is 1. The summed E-state index contributed by atoms with van der Waals surface area (Å²) in [6.45, 7) is 1.06. The number of aliphatic carboxylic acids is 1. The van der Waals surface area contributed by atoms with Crippen molar-refractivity contribution in [3.8, 4) is 6.07 Å². The predicted molar refractivity (Wildman–Crippen MR) is 102 cm³/mol. The molecule has 130 valence electrons. The monoisotopic (exact) mass is 363 g/mol. The van der Waals surface area contributed by atoms with Crippen LogP contribution in [0.25, 0.3) is 10.9 Å². The van der Waals surface area contributed by atoms with Crippen LogP contribution in [0.15, 0.2) is 54.7 Å². The number of carbonyl (C=O) groups is 1. The van der Waals surface area contributed by atoms with Gasteiger partial charge in [0.2, 0.25) is 0 Å². The second kappa shape index (κ2) is 6.87. The fourth-order valence-electron chi connectivity index (χ4n) is 3.37. The number of thioether (sulfide) groups is 1. The molecule has 1 saturated heterocycles. The first-order valence-corrected chi connectivity index (χ1v) is 9.29. The molecule has 0 unspecified atom stereocenters. The highest BCUT2D eigenvalue weighted by molar-refractivity contribution is 8.01. The van der Waals surface area contributed by atoms with E-state index in [-0.39, 0.29) is 5.37 Å². The van der Waals surface area contributed by atoms with Crippen LogP contribution in [0, 0.1) is 11.3 Å². The van der Waals surface area contributed by atoms with E-state index in [9.17, 15) is 15.2 Å². The highest BCUT2D eigenvalue weighted by Gasteiger charge is 2.32. The highest BCUT2D eigenvalue weighted by Crippen LogP contribution is 2.39. The smallest absolute Gasteiger partial charge is 0.318 e. The maximum absolute atomic E-state index is 11.3. The number of hydrogen-bond acceptors (Lipinski definition) is 4. The van der Waals surface area contributed by atoms with Gasteiger partial charge < -0.3 is 9.67 Å². The Morgan fingerprint density at radius 3 is 2.81 bits per heavy atom. The SMILES string of the molecule is N#Cc1ccccc1Cn1cc([C@@H]2NC[C@@H](C(=O)O)S2)c2ccccc21. The number of nitrogens with one attached hydrogen (secondary N) is 1. The standard InChI is InChI=1S/C20H17N3O2S/c21-9-13-5-1-2-6-14(13)11-23-12-16(15-7-3-4-8-17(15)23)19-22-10-18(26-19)20(24)25/h1-8,12,18-19,22H,10-11H2,(H,24,25)/t18-,19+/m0/s1. The van der Waals surface area contributed by atoms with Crippen molar-refractivity contribution in [3.05, 3.63) is 71.4 Å². The molecule has 2 N–H and O–H groups in total. The average Bonchev–Trinajstić information content (AvgIpc) is 3.28. The van der Waals surface area contributed by atoms with Gasteiger partial charge in [-0.05, 0) is 17.7 Å². The van der Waals surface area contributed by atoms with Gasteiger partial charge in [-0.15, -0.1) is 11.8 Å². The van der Waals surface area contributed by atoms with Crippen molar-refractivity contribution >= 4 is 28.6 Å². The van der Waals surface area contributed by atoms with E-state index < -0.39 is 11.2 Å². The molecule has 6 heteroatoms. The Morgan fingerprint density at radius 1 is 1.27 bits per heavy atom. The van der Waals surface area contributed by atoms with E-state index in [0.29, 0.717) is 18.7 Å². The number of hydrogen-bond donors (Lipinski definition) is 2. The molecule has 0 amide bonds. The zero-order valence-corrected chi connectivity index (χ0v) is 14.7. The van der Waals surface area contributed by atoms with Crippen LogP contribution in [0.1, 0.15) is 22.1 Å². The van der Waals surface area contributed by atoms with E-state index in [1.54, 1.807) is 0 Å². The number of aromatic nitrogens is 1. The van der Waals surface area contributed by atoms with E-state index in [1.807, 2.05) is 36.4 Å². The Bertz CT molecular complexity index is 1020. The van der Waals surface area contributed by atoms with E-state index >= 15 is 0 Å². The summed E-state index contributed by atoms with van der Waals surface area (Å²) in [5.41, 5.74) is 3.81. The lowest BCUT2D eigenvalue weighted by molar-refractivity contribution is -0.136. The second-order valence-electron chi connectivity index (χ2n) is 6.25. The molecule has 0 aliphatic carbocycles. The van der Waals surface area contributed by atoms with E-state index in [0.717, 1.165) is 22.0 Å². The van der Waals surface area contributed by atoms with Crippen LogP contribution in [0.5, 0.6) is 0 Å². The number of nitrogens with zero attached hydrogens (tertiary/aromatic N) is 2. The van der Waals surface area contributed by atoms with Gasteiger partial charge >= 0.3 is 5.97 Å². The number of nitriles is 1. The maximum Gasteiger partial charge on any atom is 0.318 e. The molecule has 3 aromatic rings. The minimum Gasteiger partial charge on any atom is -0.480 e. The summed E-state index contributed by atoms with van der Waals surface area (Å²) in [6, 6.07) is 18.0. The number of benzene rings is 2. The van der Waals surface area contributed by atoms with E-state index in [2.05, 4.69) is 34.3 Å². The maximum atomic E-state index is 11.3. The zero-order chi connectivity index (χ0) is 18.1. The highest BCUT2D eigenvalue weighted by atomic mass is 32.2. The van der Waals surface area contributed by atoms with Crippen molar-refractivity contribution < 1.29 is 9.90 Å². The lowest BCUT2D eigenvalue weighted by Crippen LogP contribution is -2.21. The van der Waals surface area contributed by atoms with Crippen molar-refractivity contribution in [1.29, 1.82) is 5.26 Å². The Morgan fingerprint density at radius 2 is 2.04 bits per heavy atom. The largest absolute Gasteiger partial charge is 0.480 e. The van der Waals surface area contributed by atoms with Gasteiger partial charge in [-0.1, -0.05) is 36.4 Å². The molecule has 2 heterocycles. The van der Waals surface area contributed by atoms with E-state index in [1.165, 1.54) is 11.8 Å². The summed E-state index contributed by atoms with van der Waals surface area (Å²) in [6.07, 6.45) is 2.08. The molecule has 1 aliphatic heterocycles. The molecule has 0 saturated carbocycles. The molecular weight excluding hydrogens is 346 g/mol. The molecular formula is C20H17N3O2S. The Kier molecular flexibility index (Phi) is 4.41. The topological polar surface area (TPSA) is 78.0 Å². The first-order chi connectivity index (χ1) is 12.7. The lowest BCUT2D eigenvalue weighted by Gasteiger charge is -2.08. The van der Waals surface area contributed by atoms with Crippen molar-refractivity contribution in [2.24, 2.45) is 0 Å². The molecule has 5 nitrogen and oxygen atoms in total. The third-order valence-electron chi connectivity index (χ3n) is 4.64. The molecule has 0 spiro atoms. The predicted octanol–water partition coefficient (Wildman–Crippen LogP) is 3.35. The first-order valence-electron chi connectivity index (χ1n) is 8.35. The van der Waals surface area contributed by atoms with Crippen LogP contribution in [-0.2, 0) is 11.3 Å². The van der Waals surface area contributed by atoms with Crippen LogP contribution in [0.3, 0.4) is 0 Å². The molecule has 4 rings (SSSR count). The summed E-state index contributed by atoms with van der Waals surface area (Å²) in [5, 5.41) is 22.5. The lowest BCUT2D eigenvalue weighted by atomic mass is 10.1. The van der Waals surface area contributed by atoms with Crippen molar-refractivity contribution in [3.63, 3.8) is 0 Å². The number of fused-ring (bicyclic) bond motifs is 1. The number of carboxylic acids is 1. The molecule has 1 fully saturated rings. The summed E-state index contributed by atoms with van der Waals surface area (Å²) in [7, 11) is 0. The van der Waals surface area contributed by atoms with Crippen molar-refractivity contribution in [2.45, 2.75) is 17.2 Å².